The molecule has 0 spiro atoms. The first-order valence-corrected chi connectivity index (χ1v) is 6.07. The Morgan fingerprint density at radius 3 is 2.38 bits per heavy atom. The highest BCUT2D eigenvalue weighted by Crippen LogP contribution is 2.04. The van der Waals surface area contributed by atoms with Gasteiger partial charge in [0.15, 0.2) is 0 Å². The summed E-state index contributed by atoms with van der Waals surface area (Å²) in [4.78, 5) is 11.1. The quantitative estimate of drug-likeness (QED) is 0.767. The van der Waals surface area contributed by atoms with Crippen molar-refractivity contribution in [2.45, 2.75) is 33.7 Å². The Balaban J connectivity index is 2.50. The molecule has 4 heteroatoms. The van der Waals surface area contributed by atoms with Crippen molar-refractivity contribution in [1.82, 2.24) is 14.9 Å². The lowest BCUT2D eigenvalue weighted by Crippen LogP contribution is -2.22. The van der Waals surface area contributed by atoms with Crippen molar-refractivity contribution in [2.24, 2.45) is 0 Å². The van der Waals surface area contributed by atoms with Gasteiger partial charge >= 0.3 is 0 Å². The maximum Gasteiger partial charge on any atom is 0.144 e. The van der Waals surface area contributed by atoms with Gasteiger partial charge in [-0.15, -0.1) is 0 Å². The summed E-state index contributed by atoms with van der Waals surface area (Å²) in [6.45, 7) is 10.4. The number of aromatic nitrogens is 2. The average Bonchev–Trinajstić information content (AvgIpc) is 2.35. The van der Waals surface area contributed by atoms with E-state index in [0.29, 0.717) is 0 Å². The van der Waals surface area contributed by atoms with Crippen molar-refractivity contribution in [3.8, 4) is 0 Å². The molecule has 90 valence electrons. The molecule has 0 unspecified atom stereocenters. The van der Waals surface area contributed by atoms with Gasteiger partial charge in [0, 0.05) is 13.1 Å². The second kappa shape index (κ2) is 7.17. The van der Waals surface area contributed by atoms with E-state index in [9.17, 15) is 0 Å². The van der Waals surface area contributed by atoms with Crippen LogP contribution in [-0.4, -0.2) is 34.5 Å². The van der Waals surface area contributed by atoms with Gasteiger partial charge in [-0.25, -0.2) is 4.98 Å². The first-order valence-electron chi connectivity index (χ1n) is 6.07. The van der Waals surface area contributed by atoms with E-state index in [1.165, 1.54) is 0 Å². The van der Waals surface area contributed by atoms with Crippen LogP contribution >= 0.6 is 0 Å². The summed E-state index contributed by atoms with van der Waals surface area (Å²) in [6, 6.07) is 0. The van der Waals surface area contributed by atoms with Crippen molar-refractivity contribution >= 4 is 5.82 Å². The standard InChI is InChI=1S/C12H22N4/c1-4-7-13-12-9-14-11(8-15-12)10-16(5-2)6-3/h8-9H,4-7,10H2,1-3H3,(H,13,15). The smallest absolute Gasteiger partial charge is 0.144 e. The highest BCUT2D eigenvalue weighted by Gasteiger charge is 2.02. The fourth-order valence-electron chi connectivity index (χ4n) is 1.46. The molecule has 0 saturated heterocycles. The number of anilines is 1. The maximum atomic E-state index is 4.40. The Kier molecular flexibility index (Phi) is 5.78. The molecule has 0 fully saturated rings. The van der Waals surface area contributed by atoms with E-state index < -0.39 is 0 Å². The zero-order chi connectivity index (χ0) is 11.8. The van der Waals surface area contributed by atoms with E-state index in [-0.39, 0.29) is 0 Å². The third-order valence-corrected chi connectivity index (χ3v) is 2.54. The van der Waals surface area contributed by atoms with Gasteiger partial charge in [-0.2, -0.15) is 0 Å². The lowest BCUT2D eigenvalue weighted by atomic mass is 10.4. The normalized spacial score (nSPS) is 10.8. The van der Waals surface area contributed by atoms with Gasteiger partial charge in [0.2, 0.25) is 0 Å². The number of nitrogens with zero attached hydrogens (tertiary/aromatic N) is 3. The molecule has 0 bridgehead atoms. The molecule has 1 aromatic rings. The summed E-state index contributed by atoms with van der Waals surface area (Å²) in [5.41, 5.74) is 1.03. The summed E-state index contributed by atoms with van der Waals surface area (Å²) in [7, 11) is 0. The minimum absolute atomic E-state index is 0.866. The van der Waals surface area contributed by atoms with E-state index >= 15 is 0 Å². The summed E-state index contributed by atoms with van der Waals surface area (Å²) < 4.78 is 0. The van der Waals surface area contributed by atoms with E-state index in [1.54, 1.807) is 0 Å². The predicted octanol–water partition coefficient (Wildman–Crippen LogP) is 2.14. The molecule has 1 aromatic heterocycles. The molecular formula is C12H22N4. The molecule has 0 atom stereocenters. The number of rotatable bonds is 7. The van der Waals surface area contributed by atoms with Crippen LogP contribution in [0.25, 0.3) is 0 Å². The van der Waals surface area contributed by atoms with Crippen LogP contribution < -0.4 is 5.32 Å². The fraction of sp³-hybridized carbons (Fsp3) is 0.667. The Morgan fingerprint density at radius 1 is 1.12 bits per heavy atom. The average molecular weight is 222 g/mol. The van der Waals surface area contributed by atoms with Crippen molar-refractivity contribution in [2.75, 3.05) is 25.0 Å². The third kappa shape index (κ3) is 4.14. The number of nitrogens with one attached hydrogen (secondary N) is 1. The Labute approximate surface area is 98.1 Å². The summed E-state index contributed by atoms with van der Waals surface area (Å²) >= 11 is 0. The molecule has 16 heavy (non-hydrogen) atoms. The zero-order valence-corrected chi connectivity index (χ0v) is 10.5. The number of hydrogen-bond donors (Lipinski definition) is 1. The van der Waals surface area contributed by atoms with Crippen LogP contribution in [0.3, 0.4) is 0 Å². The predicted molar refractivity (Wildman–Crippen MR) is 67.4 cm³/mol. The molecular weight excluding hydrogens is 200 g/mol. The zero-order valence-electron chi connectivity index (χ0n) is 10.5. The van der Waals surface area contributed by atoms with Crippen LogP contribution in [0, 0.1) is 0 Å². The molecule has 0 aromatic carbocycles. The van der Waals surface area contributed by atoms with Crippen LogP contribution in [0.4, 0.5) is 5.82 Å². The molecule has 0 amide bonds. The van der Waals surface area contributed by atoms with Gasteiger partial charge in [-0.1, -0.05) is 20.8 Å². The van der Waals surface area contributed by atoms with Crippen molar-refractivity contribution < 1.29 is 0 Å². The molecule has 1 N–H and O–H groups in total. The molecule has 1 rings (SSSR count). The molecule has 0 radical (unpaired) electrons. The van der Waals surface area contributed by atoms with Crippen LogP contribution in [0.15, 0.2) is 12.4 Å². The molecule has 0 aliphatic heterocycles. The van der Waals surface area contributed by atoms with Crippen LogP contribution in [0.1, 0.15) is 32.9 Å². The van der Waals surface area contributed by atoms with Crippen LogP contribution in [0.5, 0.6) is 0 Å². The van der Waals surface area contributed by atoms with Crippen molar-refractivity contribution in [3.63, 3.8) is 0 Å². The van der Waals surface area contributed by atoms with Gasteiger partial charge in [0.25, 0.3) is 0 Å². The van der Waals surface area contributed by atoms with Gasteiger partial charge in [0.1, 0.15) is 5.82 Å². The molecule has 0 aliphatic carbocycles. The first-order chi connectivity index (χ1) is 7.80. The van der Waals surface area contributed by atoms with E-state index in [1.807, 2.05) is 12.4 Å². The topological polar surface area (TPSA) is 41.1 Å². The molecule has 0 aliphatic rings. The van der Waals surface area contributed by atoms with Gasteiger partial charge < -0.3 is 5.32 Å². The third-order valence-electron chi connectivity index (χ3n) is 2.54. The lowest BCUT2D eigenvalue weighted by Gasteiger charge is -2.17. The molecule has 0 saturated carbocycles. The van der Waals surface area contributed by atoms with Gasteiger partial charge in [-0.05, 0) is 19.5 Å². The molecule has 4 nitrogen and oxygen atoms in total. The largest absolute Gasteiger partial charge is 0.369 e. The second-order valence-electron chi connectivity index (χ2n) is 3.78. The highest BCUT2D eigenvalue weighted by molar-refractivity contribution is 5.30. The van der Waals surface area contributed by atoms with Crippen molar-refractivity contribution in [3.05, 3.63) is 18.1 Å². The van der Waals surface area contributed by atoms with Gasteiger partial charge in [0.05, 0.1) is 18.1 Å². The first kappa shape index (κ1) is 12.9. The summed E-state index contributed by atoms with van der Waals surface area (Å²) in [6.07, 6.45) is 4.77. The van der Waals surface area contributed by atoms with Gasteiger partial charge in [-0.3, -0.25) is 9.88 Å². The number of hydrogen-bond acceptors (Lipinski definition) is 4. The monoisotopic (exact) mass is 222 g/mol. The molecule has 1 heterocycles. The lowest BCUT2D eigenvalue weighted by molar-refractivity contribution is 0.292. The van der Waals surface area contributed by atoms with Crippen LogP contribution in [-0.2, 0) is 6.54 Å². The SMILES string of the molecule is CCCNc1cnc(CN(CC)CC)cn1. The van der Waals surface area contributed by atoms with Crippen LogP contribution in [0.2, 0.25) is 0 Å². The Bertz CT molecular complexity index is 280. The fourth-order valence-corrected chi connectivity index (χ4v) is 1.46. The van der Waals surface area contributed by atoms with Crippen molar-refractivity contribution in [1.29, 1.82) is 0 Å². The van der Waals surface area contributed by atoms with E-state index in [4.69, 9.17) is 0 Å². The Morgan fingerprint density at radius 2 is 1.88 bits per heavy atom. The Hall–Kier alpha value is -1.16. The van der Waals surface area contributed by atoms with E-state index in [2.05, 4.69) is 41.0 Å². The summed E-state index contributed by atoms with van der Waals surface area (Å²) in [5.74, 6) is 0.866. The summed E-state index contributed by atoms with van der Waals surface area (Å²) in [5, 5.41) is 3.22. The maximum absolute atomic E-state index is 4.40. The highest BCUT2D eigenvalue weighted by atomic mass is 15.1. The minimum atomic E-state index is 0.866. The van der Waals surface area contributed by atoms with E-state index in [0.717, 1.165) is 44.1 Å². The minimum Gasteiger partial charge on any atom is -0.369 e. The second-order valence-corrected chi connectivity index (χ2v) is 3.78.